The third-order valence-electron chi connectivity index (χ3n) is 2.86. The minimum atomic E-state index is -0.514. The van der Waals surface area contributed by atoms with Crippen LogP contribution in [0.4, 0.5) is 11.4 Å². The van der Waals surface area contributed by atoms with Crippen molar-refractivity contribution in [2.24, 2.45) is 0 Å². The minimum Gasteiger partial charge on any atom is -0.506 e. The number of carbonyl (C=O) groups is 1. The Morgan fingerprint density at radius 1 is 1.29 bits per heavy atom. The first-order chi connectivity index (χ1) is 9.88. The Bertz CT molecular complexity index is 731. The molecule has 2 rings (SSSR count). The van der Waals surface area contributed by atoms with Crippen LogP contribution in [0.3, 0.4) is 0 Å². The summed E-state index contributed by atoms with van der Waals surface area (Å²) in [6.45, 7) is 1.55. The van der Waals surface area contributed by atoms with Crippen molar-refractivity contribution in [2.45, 2.75) is 6.92 Å². The Morgan fingerprint density at radius 2 is 2.00 bits per heavy atom. The van der Waals surface area contributed by atoms with Crippen LogP contribution < -0.4 is 5.32 Å². The number of anilines is 1. The number of nitro benzene ring substituents is 1. The van der Waals surface area contributed by atoms with Gasteiger partial charge < -0.3 is 10.4 Å². The number of halogens is 1. The van der Waals surface area contributed by atoms with Gasteiger partial charge in [-0.05, 0) is 37.3 Å². The molecule has 0 fully saturated rings. The standard InChI is InChI=1S/C14H11ClN2O4/c1-8-6-9(2-4-12(8)17(20)21)14(19)16-11-7-10(15)3-5-13(11)18/h2-7,18H,1H3,(H,16,19). The van der Waals surface area contributed by atoms with Crippen molar-refractivity contribution in [2.75, 3.05) is 5.32 Å². The second kappa shape index (κ2) is 5.80. The van der Waals surface area contributed by atoms with Crippen molar-refractivity contribution in [1.82, 2.24) is 0 Å². The summed E-state index contributed by atoms with van der Waals surface area (Å²) in [5.74, 6) is -0.614. The molecule has 2 aromatic carbocycles. The lowest BCUT2D eigenvalue weighted by Crippen LogP contribution is -2.12. The number of nitrogens with zero attached hydrogens (tertiary/aromatic N) is 1. The molecule has 0 saturated carbocycles. The molecule has 0 bridgehead atoms. The molecule has 0 saturated heterocycles. The molecule has 0 aliphatic rings. The van der Waals surface area contributed by atoms with Gasteiger partial charge in [-0.15, -0.1) is 0 Å². The van der Waals surface area contributed by atoms with Gasteiger partial charge in [0.25, 0.3) is 11.6 Å². The van der Waals surface area contributed by atoms with Gasteiger partial charge in [-0.2, -0.15) is 0 Å². The molecule has 0 atom stereocenters. The number of amides is 1. The quantitative estimate of drug-likeness (QED) is 0.515. The number of hydrogen-bond donors (Lipinski definition) is 2. The van der Waals surface area contributed by atoms with Crippen molar-refractivity contribution in [3.63, 3.8) is 0 Å². The monoisotopic (exact) mass is 306 g/mol. The molecule has 1 amide bonds. The molecular weight excluding hydrogens is 296 g/mol. The van der Waals surface area contributed by atoms with E-state index in [4.69, 9.17) is 11.6 Å². The Labute approximate surface area is 125 Å². The minimum absolute atomic E-state index is 0.0582. The van der Waals surface area contributed by atoms with Crippen molar-refractivity contribution < 1.29 is 14.8 Å². The van der Waals surface area contributed by atoms with E-state index in [1.807, 2.05) is 0 Å². The van der Waals surface area contributed by atoms with Crippen molar-refractivity contribution >= 4 is 28.9 Å². The number of phenolic OH excluding ortho intramolecular Hbond substituents is 1. The molecule has 0 aliphatic heterocycles. The van der Waals surface area contributed by atoms with Crippen molar-refractivity contribution in [3.8, 4) is 5.75 Å². The number of rotatable bonds is 3. The highest BCUT2D eigenvalue weighted by molar-refractivity contribution is 6.31. The van der Waals surface area contributed by atoms with Gasteiger partial charge in [0.15, 0.2) is 0 Å². The fourth-order valence-corrected chi connectivity index (χ4v) is 1.98. The number of phenols is 1. The number of aromatic hydroxyl groups is 1. The summed E-state index contributed by atoms with van der Waals surface area (Å²) in [5, 5.41) is 23.2. The zero-order chi connectivity index (χ0) is 15.6. The molecule has 7 heteroatoms. The molecule has 6 nitrogen and oxygen atoms in total. The number of hydrogen-bond acceptors (Lipinski definition) is 4. The van der Waals surface area contributed by atoms with E-state index < -0.39 is 10.8 Å². The second-order valence-corrected chi connectivity index (χ2v) is 4.81. The predicted octanol–water partition coefficient (Wildman–Crippen LogP) is 3.51. The normalized spacial score (nSPS) is 10.2. The van der Waals surface area contributed by atoms with E-state index in [2.05, 4.69) is 5.32 Å². The first-order valence-electron chi connectivity index (χ1n) is 5.93. The van der Waals surface area contributed by atoms with Gasteiger partial charge in [0.2, 0.25) is 0 Å². The average Bonchev–Trinajstić information content (AvgIpc) is 2.42. The fraction of sp³-hybridized carbons (Fsp3) is 0.0714. The van der Waals surface area contributed by atoms with Gasteiger partial charge in [-0.25, -0.2) is 0 Å². The lowest BCUT2D eigenvalue weighted by molar-refractivity contribution is -0.385. The highest BCUT2D eigenvalue weighted by Gasteiger charge is 2.15. The van der Waals surface area contributed by atoms with Crippen molar-refractivity contribution in [3.05, 3.63) is 62.7 Å². The summed E-state index contributed by atoms with van der Waals surface area (Å²) in [4.78, 5) is 22.3. The van der Waals surface area contributed by atoms with E-state index in [1.54, 1.807) is 6.92 Å². The topological polar surface area (TPSA) is 92.5 Å². The van der Waals surface area contributed by atoms with Crippen molar-refractivity contribution in [1.29, 1.82) is 0 Å². The summed E-state index contributed by atoms with van der Waals surface area (Å²) in [7, 11) is 0. The number of nitro groups is 1. The van der Waals surface area contributed by atoms with E-state index in [1.165, 1.54) is 36.4 Å². The lowest BCUT2D eigenvalue weighted by atomic mass is 10.1. The Balaban J connectivity index is 2.26. The van der Waals surface area contributed by atoms with E-state index >= 15 is 0 Å². The van der Waals surface area contributed by atoms with Crippen LogP contribution >= 0.6 is 11.6 Å². The molecule has 0 radical (unpaired) electrons. The zero-order valence-corrected chi connectivity index (χ0v) is 11.7. The number of aryl methyl sites for hydroxylation is 1. The van der Waals surface area contributed by atoms with Crippen LogP contribution in [0.2, 0.25) is 5.02 Å². The number of benzene rings is 2. The maximum Gasteiger partial charge on any atom is 0.272 e. The third kappa shape index (κ3) is 3.29. The SMILES string of the molecule is Cc1cc(C(=O)Nc2cc(Cl)ccc2O)ccc1[N+](=O)[O-]. The maximum atomic E-state index is 12.1. The number of nitrogens with one attached hydrogen (secondary N) is 1. The molecule has 108 valence electrons. The molecular formula is C14H11ClN2O4. The Morgan fingerprint density at radius 3 is 2.62 bits per heavy atom. The lowest BCUT2D eigenvalue weighted by Gasteiger charge is -2.08. The summed E-state index contributed by atoms with van der Waals surface area (Å²) >= 11 is 5.79. The van der Waals surface area contributed by atoms with Gasteiger partial charge in [0, 0.05) is 22.2 Å². The average molecular weight is 307 g/mol. The number of carbonyl (C=O) groups excluding carboxylic acids is 1. The maximum absolute atomic E-state index is 12.1. The second-order valence-electron chi connectivity index (χ2n) is 4.37. The first kappa shape index (κ1) is 14.8. The summed E-state index contributed by atoms with van der Waals surface area (Å²) in [6, 6.07) is 8.29. The van der Waals surface area contributed by atoms with Gasteiger partial charge in [-0.3, -0.25) is 14.9 Å². The van der Waals surface area contributed by atoms with E-state index in [0.717, 1.165) is 0 Å². The highest BCUT2D eigenvalue weighted by atomic mass is 35.5. The van der Waals surface area contributed by atoms with Crippen LogP contribution in [0, 0.1) is 17.0 Å². The molecule has 2 aromatic rings. The van der Waals surface area contributed by atoms with E-state index in [-0.39, 0.29) is 22.7 Å². The van der Waals surface area contributed by atoms with Gasteiger partial charge in [0.1, 0.15) is 5.75 Å². The summed E-state index contributed by atoms with van der Waals surface area (Å²) < 4.78 is 0. The molecule has 0 aromatic heterocycles. The van der Waals surface area contributed by atoms with Crippen LogP contribution in [0.15, 0.2) is 36.4 Å². The molecule has 2 N–H and O–H groups in total. The smallest absolute Gasteiger partial charge is 0.272 e. The van der Waals surface area contributed by atoms with Crippen LogP contribution in [0.25, 0.3) is 0 Å². The van der Waals surface area contributed by atoms with E-state index in [9.17, 15) is 20.0 Å². The predicted molar refractivity (Wildman–Crippen MR) is 78.9 cm³/mol. The largest absolute Gasteiger partial charge is 0.506 e. The molecule has 0 unspecified atom stereocenters. The van der Waals surface area contributed by atoms with E-state index in [0.29, 0.717) is 10.6 Å². The fourth-order valence-electron chi connectivity index (χ4n) is 1.80. The summed E-state index contributed by atoms with van der Waals surface area (Å²) in [6.07, 6.45) is 0. The molecule has 0 aliphatic carbocycles. The van der Waals surface area contributed by atoms with Crippen LogP contribution in [-0.2, 0) is 0 Å². The highest BCUT2D eigenvalue weighted by Crippen LogP contribution is 2.27. The van der Waals surface area contributed by atoms with Gasteiger partial charge in [0.05, 0.1) is 10.6 Å². The van der Waals surface area contributed by atoms with Gasteiger partial charge >= 0.3 is 0 Å². The third-order valence-corrected chi connectivity index (χ3v) is 3.10. The van der Waals surface area contributed by atoms with Crippen LogP contribution in [0.1, 0.15) is 15.9 Å². The van der Waals surface area contributed by atoms with Crippen LogP contribution in [0.5, 0.6) is 5.75 Å². The molecule has 21 heavy (non-hydrogen) atoms. The summed E-state index contributed by atoms with van der Waals surface area (Å²) in [5.41, 5.74) is 0.737. The zero-order valence-electron chi connectivity index (χ0n) is 11.0. The Hall–Kier alpha value is -2.60. The molecule has 0 spiro atoms. The van der Waals surface area contributed by atoms with Gasteiger partial charge in [-0.1, -0.05) is 11.6 Å². The Kier molecular flexibility index (Phi) is 4.09. The molecule has 0 heterocycles. The van der Waals surface area contributed by atoms with Crippen LogP contribution in [-0.4, -0.2) is 15.9 Å². The first-order valence-corrected chi connectivity index (χ1v) is 6.31.